The molecule has 1 aromatic heterocycles. The number of aromatic amines is 1. The van der Waals surface area contributed by atoms with Crippen LogP contribution in [-0.2, 0) is 5.41 Å². The zero-order valence-electron chi connectivity index (χ0n) is 13.8. The molecule has 0 saturated carbocycles. The number of H-pyrrole nitrogens is 1. The Morgan fingerprint density at radius 1 is 1.42 bits per heavy atom. The van der Waals surface area contributed by atoms with Crippen molar-refractivity contribution in [2.75, 3.05) is 7.11 Å². The van der Waals surface area contributed by atoms with Crippen molar-refractivity contribution in [3.63, 3.8) is 0 Å². The van der Waals surface area contributed by atoms with E-state index in [4.69, 9.17) is 4.74 Å². The van der Waals surface area contributed by atoms with Crippen molar-refractivity contribution in [1.82, 2.24) is 15.6 Å². The van der Waals surface area contributed by atoms with Gasteiger partial charge >= 0.3 is 0 Å². The Balaban J connectivity index is 2.07. The largest absolute Gasteiger partial charge is 0.503 e. The van der Waals surface area contributed by atoms with E-state index in [9.17, 15) is 9.90 Å². The molecule has 0 unspecified atom stereocenters. The van der Waals surface area contributed by atoms with E-state index in [1.807, 2.05) is 20.8 Å². The fraction of sp³-hybridized carbons (Fsp3) is 0.312. The van der Waals surface area contributed by atoms with Crippen molar-refractivity contribution in [1.29, 1.82) is 0 Å². The van der Waals surface area contributed by atoms with Crippen LogP contribution in [0.25, 0.3) is 0 Å². The molecule has 7 nitrogen and oxygen atoms in total. The third kappa shape index (κ3) is 4.14. The summed E-state index contributed by atoms with van der Waals surface area (Å²) < 4.78 is 5.52. The third-order valence-corrected chi connectivity index (χ3v) is 3.87. The van der Waals surface area contributed by atoms with E-state index in [2.05, 4.69) is 36.7 Å². The average Bonchev–Trinajstić information content (AvgIpc) is 3.00. The van der Waals surface area contributed by atoms with Gasteiger partial charge in [0.2, 0.25) is 0 Å². The number of phenols is 1. The summed E-state index contributed by atoms with van der Waals surface area (Å²) in [7, 11) is 1.45. The number of aromatic nitrogens is 2. The molecule has 0 fully saturated rings. The van der Waals surface area contributed by atoms with Gasteiger partial charge in [-0.15, -0.1) is 0 Å². The summed E-state index contributed by atoms with van der Waals surface area (Å²) in [5.74, 6) is -0.105. The SMILES string of the molecule is COc1cc(C=NNC(=O)c2cc(C(C)(C)C)[nH]n2)cc(Br)c1O. The van der Waals surface area contributed by atoms with E-state index in [-0.39, 0.29) is 16.9 Å². The molecule has 0 aliphatic heterocycles. The first-order valence-electron chi connectivity index (χ1n) is 7.18. The molecule has 2 aromatic rings. The molecule has 0 aliphatic rings. The van der Waals surface area contributed by atoms with Crippen molar-refractivity contribution < 1.29 is 14.6 Å². The molecule has 1 aromatic carbocycles. The normalized spacial score (nSPS) is 11.7. The number of rotatable bonds is 4. The molecule has 0 bridgehead atoms. The maximum Gasteiger partial charge on any atom is 0.291 e. The Kier molecular flexibility index (Phi) is 5.28. The summed E-state index contributed by atoms with van der Waals surface area (Å²) in [5, 5.41) is 20.5. The highest BCUT2D eigenvalue weighted by Crippen LogP contribution is 2.34. The first-order chi connectivity index (χ1) is 11.2. The van der Waals surface area contributed by atoms with Crippen molar-refractivity contribution in [3.05, 3.63) is 39.6 Å². The Bertz CT molecular complexity index is 778. The number of methoxy groups -OCH3 is 1. The maximum absolute atomic E-state index is 12.0. The highest BCUT2D eigenvalue weighted by molar-refractivity contribution is 9.10. The van der Waals surface area contributed by atoms with Gasteiger partial charge in [0.25, 0.3) is 5.91 Å². The van der Waals surface area contributed by atoms with E-state index in [0.29, 0.717) is 15.8 Å². The summed E-state index contributed by atoms with van der Waals surface area (Å²) in [5.41, 5.74) is 4.07. The molecule has 128 valence electrons. The fourth-order valence-corrected chi connectivity index (χ4v) is 2.33. The molecule has 24 heavy (non-hydrogen) atoms. The predicted molar refractivity (Wildman–Crippen MR) is 94.7 cm³/mol. The van der Waals surface area contributed by atoms with Crippen LogP contribution in [0.5, 0.6) is 11.5 Å². The van der Waals surface area contributed by atoms with Crippen molar-refractivity contribution in [3.8, 4) is 11.5 Å². The fourth-order valence-electron chi connectivity index (χ4n) is 1.87. The van der Waals surface area contributed by atoms with Gasteiger partial charge in [-0.25, -0.2) is 5.43 Å². The summed E-state index contributed by atoms with van der Waals surface area (Å²) in [6.45, 7) is 6.07. The van der Waals surface area contributed by atoms with Crippen LogP contribution >= 0.6 is 15.9 Å². The molecule has 1 heterocycles. The van der Waals surface area contributed by atoms with Gasteiger partial charge in [-0.05, 0) is 39.7 Å². The lowest BCUT2D eigenvalue weighted by atomic mass is 9.92. The Labute approximate surface area is 148 Å². The van der Waals surface area contributed by atoms with Crippen LogP contribution in [0, 0.1) is 0 Å². The summed E-state index contributed by atoms with van der Waals surface area (Å²) in [6, 6.07) is 4.95. The van der Waals surface area contributed by atoms with Crippen molar-refractivity contribution in [2.45, 2.75) is 26.2 Å². The lowest BCUT2D eigenvalue weighted by Gasteiger charge is -2.14. The molecule has 2 rings (SSSR count). The molecule has 0 aliphatic carbocycles. The lowest BCUT2D eigenvalue weighted by molar-refractivity contribution is 0.0950. The van der Waals surface area contributed by atoms with Gasteiger partial charge in [-0.1, -0.05) is 20.8 Å². The minimum absolute atomic E-state index is 0.00455. The Morgan fingerprint density at radius 3 is 2.71 bits per heavy atom. The predicted octanol–water partition coefficient (Wildman–Crippen LogP) is 2.95. The van der Waals surface area contributed by atoms with Crippen LogP contribution in [0.1, 0.15) is 42.5 Å². The van der Waals surface area contributed by atoms with E-state index in [0.717, 1.165) is 5.69 Å². The minimum atomic E-state index is -0.414. The standard InChI is InChI=1S/C16H19BrN4O3/c1-16(2,3)13-7-11(19-20-13)15(23)21-18-8-9-5-10(17)14(22)12(6-9)24-4/h5-8,22H,1-4H3,(H,19,20)(H,21,23). The number of benzene rings is 1. The van der Waals surface area contributed by atoms with Crippen LogP contribution in [0.15, 0.2) is 27.8 Å². The summed E-state index contributed by atoms with van der Waals surface area (Å²) in [6.07, 6.45) is 1.45. The van der Waals surface area contributed by atoms with Gasteiger partial charge in [-0.3, -0.25) is 9.89 Å². The number of nitrogens with one attached hydrogen (secondary N) is 2. The number of carbonyl (C=O) groups excluding carboxylic acids is 1. The number of ether oxygens (including phenoxy) is 1. The molecule has 0 atom stereocenters. The average molecular weight is 395 g/mol. The molecule has 0 spiro atoms. The van der Waals surface area contributed by atoms with Crippen LogP contribution in [0.4, 0.5) is 0 Å². The Morgan fingerprint density at radius 2 is 2.12 bits per heavy atom. The van der Waals surface area contributed by atoms with E-state index >= 15 is 0 Å². The van der Waals surface area contributed by atoms with Gasteiger partial charge in [-0.2, -0.15) is 10.2 Å². The van der Waals surface area contributed by atoms with Crippen LogP contribution in [0.3, 0.4) is 0 Å². The molecule has 0 radical (unpaired) electrons. The number of halogens is 1. The first-order valence-corrected chi connectivity index (χ1v) is 7.97. The van der Waals surface area contributed by atoms with E-state index in [1.165, 1.54) is 13.3 Å². The van der Waals surface area contributed by atoms with E-state index < -0.39 is 5.91 Å². The topological polar surface area (TPSA) is 99.6 Å². The van der Waals surface area contributed by atoms with Gasteiger partial charge in [0.1, 0.15) is 0 Å². The summed E-state index contributed by atoms with van der Waals surface area (Å²) >= 11 is 3.22. The smallest absolute Gasteiger partial charge is 0.291 e. The highest BCUT2D eigenvalue weighted by Gasteiger charge is 2.19. The second-order valence-corrected chi connectivity index (χ2v) is 7.02. The summed E-state index contributed by atoms with van der Waals surface area (Å²) in [4.78, 5) is 12.0. The van der Waals surface area contributed by atoms with Crippen LogP contribution in [0.2, 0.25) is 0 Å². The Hall–Kier alpha value is -2.35. The minimum Gasteiger partial charge on any atom is -0.503 e. The van der Waals surface area contributed by atoms with Crippen molar-refractivity contribution >= 4 is 28.1 Å². The number of aromatic hydroxyl groups is 1. The lowest BCUT2D eigenvalue weighted by Crippen LogP contribution is -2.18. The van der Waals surface area contributed by atoms with Crippen LogP contribution in [-0.4, -0.2) is 34.5 Å². The maximum atomic E-state index is 12.0. The number of hydrogen-bond acceptors (Lipinski definition) is 5. The molecule has 0 saturated heterocycles. The second-order valence-electron chi connectivity index (χ2n) is 6.17. The van der Waals surface area contributed by atoms with Gasteiger partial charge in [0.15, 0.2) is 17.2 Å². The monoisotopic (exact) mass is 394 g/mol. The molecule has 1 amide bonds. The zero-order chi connectivity index (χ0) is 17.9. The van der Waals surface area contributed by atoms with Gasteiger partial charge in [0.05, 0.1) is 17.8 Å². The van der Waals surface area contributed by atoms with E-state index in [1.54, 1.807) is 18.2 Å². The van der Waals surface area contributed by atoms with Crippen molar-refractivity contribution in [2.24, 2.45) is 5.10 Å². The first kappa shape index (κ1) is 18.0. The molecule has 8 heteroatoms. The number of hydrogen-bond donors (Lipinski definition) is 3. The third-order valence-electron chi connectivity index (χ3n) is 3.27. The molecule has 3 N–H and O–H groups in total. The number of hydrazone groups is 1. The number of nitrogens with zero attached hydrogens (tertiary/aromatic N) is 2. The number of carbonyl (C=O) groups is 1. The van der Waals surface area contributed by atoms with Crippen LogP contribution < -0.4 is 10.2 Å². The molecular formula is C16H19BrN4O3. The number of amides is 1. The highest BCUT2D eigenvalue weighted by atomic mass is 79.9. The molecular weight excluding hydrogens is 376 g/mol. The zero-order valence-corrected chi connectivity index (χ0v) is 15.4. The number of phenolic OH excluding ortho intramolecular Hbond substituents is 1. The van der Waals surface area contributed by atoms with Gasteiger partial charge < -0.3 is 9.84 Å². The second kappa shape index (κ2) is 7.04. The quantitative estimate of drug-likeness (QED) is 0.548. The van der Waals surface area contributed by atoms with Gasteiger partial charge in [0, 0.05) is 11.1 Å².